The number of ether oxygens (including phenoxy) is 2. The second kappa shape index (κ2) is 9.40. The molecule has 3 aromatic rings. The van der Waals surface area contributed by atoms with Crippen molar-refractivity contribution in [2.24, 2.45) is 0 Å². The number of hydrogen-bond donors (Lipinski definition) is 2. The molecule has 0 spiro atoms. The number of hydrogen-bond acceptors (Lipinski definition) is 5. The molecule has 0 aliphatic carbocycles. The van der Waals surface area contributed by atoms with Crippen molar-refractivity contribution in [1.82, 2.24) is 20.3 Å². The molecule has 0 radical (unpaired) electrons. The van der Waals surface area contributed by atoms with E-state index in [1.807, 2.05) is 0 Å². The molecule has 1 aliphatic heterocycles. The largest absolute Gasteiger partial charge is 0.483 e. The second-order valence-corrected chi connectivity index (χ2v) is 8.26. The molecule has 7 nitrogen and oxygen atoms in total. The fraction of sp³-hybridized carbons (Fsp3) is 0.286. The van der Waals surface area contributed by atoms with Crippen LogP contribution in [0, 0.1) is 0 Å². The van der Waals surface area contributed by atoms with Crippen LogP contribution in [0.4, 0.5) is 26.3 Å². The Morgan fingerprint density at radius 1 is 1.03 bits per heavy atom. The summed E-state index contributed by atoms with van der Waals surface area (Å²) >= 11 is 3.07. The summed E-state index contributed by atoms with van der Waals surface area (Å²) in [4.78, 5) is 23.5. The SMILES string of the molecule is O=C1NCCc2[nH]c(-c3ccnc(-c4c(OCC(F)(F)F)ccc(Br)c4OCC(F)(F)F)n3)cc21. The zero-order valence-corrected chi connectivity index (χ0v) is 19.1. The lowest BCUT2D eigenvalue weighted by molar-refractivity contribution is -0.153. The number of aromatic amines is 1. The smallest absolute Gasteiger partial charge is 0.422 e. The van der Waals surface area contributed by atoms with Gasteiger partial charge in [-0.15, -0.1) is 0 Å². The number of nitrogens with zero attached hydrogens (tertiary/aromatic N) is 2. The highest BCUT2D eigenvalue weighted by molar-refractivity contribution is 9.10. The Morgan fingerprint density at radius 2 is 1.74 bits per heavy atom. The van der Waals surface area contributed by atoms with Crippen LogP contribution in [0.1, 0.15) is 16.1 Å². The lowest BCUT2D eigenvalue weighted by atomic mass is 10.1. The third kappa shape index (κ3) is 5.86. The summed E-state index contributed by atoms with van der Waals surface area (Å²) in [7, 11) is 0. The minimum absolute atomic E-state index is 0.0251. The summed E-state index contributed by atoms with van der Waals surface area (Å²) in [5.74, 6) is -1.38. The van der Waals surface area contributed by atoms with Crippen molar-refractivity contribution in [2.75, 3.05) is 19.8 Å². The molecule has 2 aromatic heterocycles. The summed E-state index contributed by atoms with van der Waals surface area (Å²) < 4.78 is 86.8. The highest BCUT2D eigenvalue weighted by Crippen LogP contribution is 2.43. The topological polar surface area (TPSA) is 89.1 Å². The minimum atomic E-state index is -4.72. The lowest BCUT2D eigenvalue weighted by Gasteiger charge is -2.18. The van der Waals surface area contributed by atoms with Gasteiger partial charge in [-0.05, 0) is 40.2 Å². The maximum Gasteiger partial charge on any atom is 0.422 e. The lowest BCUT2D eigenvalue weighted by Crippen LogP contribution is -2.31. The molecule has 0 saturated heterocycles. The number of nitrogens with one attached hydrogen (secondary N) is 2. The van der Waals surface area contributed by atoms with Crippen LogP contribution in [0.5, 0.6) is 11.5 Å². The van der Waals surface area contributed by atoms with Crippen molar-refractivity contribution < 1.29 is 40.6 Å². The van der Waals surface area contributed by atoms with E-state index in [1.54, 1.807) is 6.07 Å². The molecule has 0 fully saturated rings. The summed E-state index contributed by atoms with van der Waals surface area (Å²) in [6.07, 6.45) is -7.59. The molecule has 0 atom stereocenters. The summed E-state index contributed by atoms with van der Waals surface area (Å²) in [6, 6.07) is 5.36. The summed E-state index contributed by atoms with van der Waals surface area (Å²) in [5.41, 5.74) is 1.46. The molecule has 0 bridgehead atoms. The number of carbonyl (C=O) groups excluding carboxylic acids is 1. The Hall–Kier alpha value is -3.29. The van der Waals surface area contributed by atoms with Gasteiger partial charge < -0.3 is 19.8 Å². The van der Waals surface area contributed by atoms with Crippen LogP contribution in [0.2, 0.25) is 0 Å². The van der Waals surface area contributed by atoms with E-state index < -0.39 is 37.1 Å². The standard InChI is InChI=1S/C21H15BrF6N4O3/c22-11-1-2-15(34-8-20(23,24)25)16(17(11)35-9-21(26,27)28)18-29-5-4-13(32-18)14-7-10-12(31-14)3-6-30-19(10)33/h1-2,4-5,7,31H,3,6,8-9H2,(H,30,33). The fourth-order valence-corrected chi connectivity index (χ4v) is 3.83. The Kier molecular flexibility index (Phi) is 6.66. The third-order valence-corrected chi connectivity index (χ3v) is 5.43. The van der Waals surface area contributed by atoms with Gasteiger partial charge in [-0.3, -0.25) is 4.79 Å². The van der Waals surface area contributed by atoms with Gasteiger partial charge in [0, 0.05) is 24.9 Å². The van der Waals surface area contributed by atoms with E-state index in [4.69, 9.17) is 9.47 Å². The van der Waals surface area contributed by atoms with E-state index in [2.05, 4.69) is 36.2 Å². The van der Waals surface area contributed by atoms with Crippen LogP contribution >= 0.6 is 15.9 Å². The molecular formula is C21H15BrF6N4O3. The quantitative estimate of drug-likeness (QED) is 0.408. The molecule has 186 valence electrons. The first-order chi connectivity index (χ1) is 16.4. The van der Waals surface area contributed by atoms with E-state index in [9.17, 15) is 31.1 Å². The second-order valence-electron chi connectivity index (χ2n) is 7.40. The molecular weight excluding hydrogens is 550 g/mol. The number of amides is 1. The van der Waals surface area contributed by atoms with Gasteiger partial charge in [0.25, 0.3) is 5.91 Å². The molecule has 1 amide bonds. The van der Waals surface area contributed by atoms with Crippen molar-refractivity contribution in [3.63, 3.8) is 0 Å². The maximum atomic E-state index is 12.9. The highest BCUT2D eigenvalue weighted by Gasteiger charge is 2.32. The van der Waals surface area contributed by atoms with Crippen LogP contribution in [-0.2, 0) is 6.42 Å². The van der Waals surface area contributed by atoms with Gasteiger partial charge in [0.1, 0.15) is 17.1 Å². The van der Waals surface area contributed by atoms with Crippen LogP contribution in [0.25, 0.3) is 22.8 Å². The molecule has 1 aromatic carbocycles. The van der Waals surface area contributed by atoms with E-state index in [1.165, 1.54) is 18.3 Å². The van der Waals surface area contributed by atoms with Gasteiger partial charge in [-0.1, -0.05) is 0 Å². The van der Waals surface area contributed by atoms with Gasteiger partial charge in [0.2, 0.25) is 0 Å². The Labute approximate surface area is 202 Å². The molecule has 35 heavy (non-hydrogen) atoms. The number of carbonyl (C=O) groups is 1. The first-order valence-corrected chi connectivity index (χ1v) is 10.8. The number of H-pyrrole nitrogens is 1. The van der Waals surface area contributed by atoms with E-state index in [-0.39, 0.29) is 27.5 Å². The zero-order chi connectivity index (χ0) is 25.4. The Morgan fingerprint density at radius 3 is 2.43 bits per heavy atom. The van der Waals surface area contributed by atoms with Crippen molar-refractivity contribution >= 4 is 21.8 Å². The van der Waals surface area contributed by atoms with Crippen molar-refractivity contribution in [1.29, 1.82) is 0 Å². The van der Waals surface area contributed by atoms with Gasteiger partial charge >= 0.3 is 12.4 Å². The molecule has 14 heteroatoms. The monoisotopic (exact) mass is 564 g/mol. The van der Waals surface area contributed by atoms with Crippen LogP contribution in [-0.4, -0.2) is 53.0 Å². The molecule has 4 rings (SSSR count). The maximum absolute atomic E-state index is 12.9. The highest BCUT2D eigenvalue weighted by atomic mass is 79.9. The van der Waals surface area contributed by atoms with Crippen LogP contribution in [0.3, 0.4) is 0 Å². The molecule has 3 heterocycles. The number of halogens is 7. The number of alkyl halides is 6. The molecule has 2 N–H and O–H groups in total. The number of aromatic nitrogens is 3. The van der Waals surface area contributed by atoms with Crippen molar-refractivity contribution in [3.8, 4) is 34.3 Å². The predicted octanol–water partition coefficient (Wildman–Crippen LogP) is 5.07. The minimum Gasteiger partial charge on any atom is -0.483 e. The molecule has 1 aliphatic rings. The number of benzene rings is 1. The first kappa shape index (κ1) is 24.8. The van der Waals surface area contributed by atoms with Gasteiger partial charge in [-0.25, -0.2) is 9.97 Å². The molecule has 0 unspecified atom stereocenters. The average Bonchev–Trinajstić information content (AvgIpc) is 3.22. The van der Waals surface area contributed by atoms with Gasteiger partial charge in [0.15, 0.2) is 19.0 Å². The van der Waals surface area contributed by atoms with Crippen LogP contribution in [0.15, 0.2) is 34.9 Å². The number of fused-ring (bicyclic) bond motifs is 1. The zero-order valence-electron chi connectivity index (χ0n) is 17.5. The predicted molar refractivity (Wildman–Crippen MR) is 114 cm³/mol. The van der Waals surface area contributed by atoms with E-state index in [0.717, 1.165) is 6.07 Å². The average molecular weight is 565 g/mol. The first-order valence-electron chi connectivity index (χ1n) is 9.97. The van der Waals surface area contributed by atoms with E-state index >= 15 is 0 Å². The number of rotatable bonds is 6. The summed E-state index contributed by atoms with van der Waals surface area (Å²) in [5, 5.41) is 2.70. The van der Waals surface area contributed by atoms with Crippen molar-refractivity contribution in [2.45, 2.75) is 18.8 Å². The third-order valence-electron chi connectivity index (χ3n) is 4.80. The Bertz CT molecular complexity index is 1260. The van der Waals surface area contributed by atoms with Crippen molar-refractivity contribution in [3.05, 3.63) is 46.2 Å². The summed E-state index contributed by atoms with van der Waals surface area (Å²) in [6.45, 7) is -2.96. The van der Waals surface area contributed by atoms with Gasteiger partial charge in [0.05, 0.1) is 21.4 Å². The fourth-order valence-electron chi connectivity index (χ4n) is 3.39. The van der Waals surface area contributed by atoms with Gasteiger partial charge in [-0.2, -0.15) is 26.3 Å². The Balaban J connectivity index is 1.80. The molecule has 0 saturated carbocycles. The normalized spacial score (nSPS) is 13.9. The van der Waals surface area contributed by atoms with E-state index in [0.29, 0.717) is 29.9 Å². The van der Waals surface area contributed by atoms with Crippen LogP contribution < -0.4 is 14.8 Å².